The molecule has 5 fully saturated rings. The Hall–Kier alpha value is 0.870. The van der Waals surface area contributed by atoms with E-state index in [0.29, 0.717) is 5.54 Å². The summed E-state index contributed by atoms with van der Waals surface area (Å²) < 4.78 is 2.48. The molecule has 7 atom stereocenters. The molecule has 2 aliphatic heterocycles. The standard InChI is InChI=1S/C27H47N3.2HI/c1-25-13-10-21(30(5)17-6-7-18-30)19-27(25,20-28)15-11-22-23(25)12-14-26(2)24(22)9-8-16-29(26,3)4;;/h21-24H,6-19H2,1-5H3;2*1H/q+2;;/p-2/t21?,22-,23+,24+,25-,26+,27+;;/m1../s1. The van der Waals surface area contributed by atoms with Gasteiger partial charge in [-0.1, -0.05) is 6.92 Å². The van der Waals surface area contributed by atoms with Gasteiger partial charge in [-0.15, -0.1) is 0 Å². The normalized spacial score (nSPS) is 48.6. The number of hydrogen-bond acceptors (Lipinski definition) is 1. The Balaban J connectivity index is 0.00000144. The third-order valence-electron chi connectivity index (χ3n) is 12.5. The van der Waals surface area contributed by atoms with Crippen LogP contribution in [0.1, 0.15) is 84.5 Å². The van der Waals surface area contributed by atoms with Crippen LogP contribution in [0.4, 0.5) is 0 Å². The summed E-state index contributed by atoms with van der Waals surface area (Å²) in [7, 11) is 7.51. The molecule has 5 aliphatic rings. The summed E-state index contributed by atoms with van der Waals surface area (Å²) in [5.41, 5.74) is 0.636. The molecule has 2 saturated heterocycles. The molecule has 0 bridgehead atoms. The molecule has 0 spiro atoms. The van der Waals surface area contributed by atoms with Gasteiger partial charge in [0.15, 0.2) is 0 Å². The highest BCUT2D eigenvalue weighted by atomic mass is 127. The minimum absolute atomic E-state index is 0. The smallest absolute Gasteiger partial charge is 0.0991 e. The molecule has 2 heterocycles. The lowest BCUT2D eigenvalue weighted by molar-refractivity contribution is -0.952. The molecular weight excluding hydrogens is 620 g/mol. The molecule has 3 aliphatic carbocycles. The Morgan fingerprint density at radius 2 is 1.47 bits per heavy atom. The SMILES string of the molecule is C[C@]12CC[C@H]3[C@@H](CC[C@@]4(C#N)CC([N+]5(C)CCCC5)CC[C@]34C)[C@@H]1CCC[N+]2(C)C.[I-].[I-]. The Labute approximate surface area is 232 Å². The molecule has 3 saturated carbocycles. The summed E-state index contributed by atoms with van der Waals surface area (Å²) >= 11 is 0. The van der Waals surface area contributed by atoms with Crippen LogP contribution >= 0.6 is 0 Å². The van der Waals surface area contributed by atoms with E-state index in [4.69, 9.17) is 0 Å². The van der Waals surface area contributed by atoms with E-state index in [1.54, 1.807) is 0 Å². The number of nitrogens with zero attached hydrogens (tertiary/aromatic N) is 3. The monoisotopic (exact) mass is 667 g/mol. The average molecular weight is 668 g/mol. The van der Waals surface area contributed by atoms with Crippen LogP contribution in [-0.4, -0.2) is 61.3 Å². The number of quaternary nitrogens is 2. The van der Waals surface area contributed by atoms with Crippen LogP contribution < -0.4 is 48.0 Å². The predicted molar refractivity (Wildman–Crippen MR) is 122 cm³/mol. The minimum atomic E-state index is -0.0618. The van der Waals surface area contributed by atoms with E-state index in [2.05, 4.69) is 41.1 Å². The Morgan fingerprint density at radius 1 is 0.781 bits per heavy atom. The summed E-state index contributed by atoms with van der Waals surface area (Å²) in [6.45, 7) is 9.25. The lowest BCUT2D eigenvalue weighted by atomic mass is 9.40. The number of fused-ring (bicyclic) bond motifs is 5. The summed E-state index contributed by atoms with van der Waals surface area (Å²) in [6.07, 6.45) is 14.7. The highest BCUT2D eigenvalue weighted by Gasteiger charge is 2.67. The maximum atomic E-state index is 10.7. The van der Waals surface area contributed by atoms with Crippen molar-refractivity contribution < 1.29 is 56.9 Å². The largest absolute Gasteiger partial charge is 1.00 e. The van der Waals surface area contributed by atoms with Crippen molar-refractivity contribution in [3.05, 3.63) is 0 Å². The Kier molecular flexibility index (Phi) is 7.78. The van der Waals surface area contributed by atoms with Crippen molar-refractivity contribution in [1.29, 1.82) is 5.26 Å². The van der Waals surface area contributed by atoms with Gasteiger partial charge in [0, 0.05) is 38.0 Å². The van der Waals surface area contributed by atoms with Crippen molar-refractivity contribution in [3.63, 3.8) is 0 Å². The highest BCUT2D eigenvalue weighted by molar-refractivity contribution is 5.19. The number of likely N-dealkylation sites (tertiary alicyclic amines) is 2. The van der Waals surface area contributed by atoms with Gasteiger partial charge < -0.3 is 56.9 Å². The van der Waals surface area contributed by atoms with Gasteiger partial charge >= 0.3 is 0 Å². The van der Waals surface area contributed by atoms with Crippen molar-refractivity contribution in [2.45, 2.75) is 96.1 Å². The van der Waals surface area contributed by atoms with E-state index in [0.717, 1.165) is 23.8 Å². The molecule has 1 unspecified atom stereocenters. The van der Waals surface area contributed by atoms with Gasteiger partial charge in [0.1, 0.15) is 0 Å². The van der Waals surface area contributed by atoms with Crippen LogP contribution in [-0.2, 0) is 0 Å². The number of halogens is 2. The van der Waals surface area contributed by atoms with Crippen molar-refractivity contribution in [1.82, 2.24) is 0 Å². The second kappa shape index (κ2) is 9.07. The third-order valence-corrected chi connectivity index (χ3v) is 12.5. The molecule has 5 rings (SSSR count). The second-order valence-electron chi connectivity index (χ2n) is 13.5. The maximum Gasteiger partial charge on any atom is 0.0991 e. The molecule has 0 aromatic rings. The second-order valence-corrected chi connectivity index (χ2v) is 13.5. The van der Waals surface area contributed by atoms with Gasteiger partial charge in [-0.3, -0.25) is 0 Å². The summed E-state index contributed by atoms with van der Waals surface area (Å²) in [6, 6.07) is 3.78. The molecule has 32 heavy (non-hydrogen) atoms. The van der Waals surface area contributed by atoms with E-state index < -0.39 is 0 Å². The molecule has 0 N–H and O–H groups in total. The first-order valence-corrected chi connectivity index (χ1v) is 13.2. The fraction of sp³-hybridized carbons (Fsp3) is 0.963. The molecule has 0 aromatic carbocycles. The summed E-state index contributed by atoms with van der Waals surface area (Å²) in [5, 5.41) is 10.7. The summed E-state index contributed by atoms with van der Waals surface area (Å²) in [4.78, 5) is 0. The molecule has 184 valence electrons. The number of nitriles is 1. The van der Waals surface area contributed by atoms with Gasteiger partial charge in [-0.05, 0) is 62.7 Å². The Bertz CT molecular complexity index is 742. The molecule has 3 nitrogen and oxygen atoms in total. The highest BCUT2D eigenvalue weighted by Crippen LogP contribution is 2.68. The van der Waals surface area contributed by atoms with Gasteiger partial charge in [0.25, 0.3) is 0 Å². The van der Waals surface area contributed by atoms with Gasteiger partial charge in [0.05, 0.1) is 63.8 Å². The first-order chi connectivity index (χ1) is 14.1. The van der Waals surface area contributed by atoms with Crippen LogP contribution in [0, 0.1) is 39.9 Å². The van der Waals surface area contributed by atoms with E-state index in [1.165, 1.54) is 99.2 Å². The zero-order chi connectivity index (χ0) is 21.4. The maximum absolute atomic E-state index is 10.7. The molecule has 0 aromatic heterocycles. The zero-order valence-electron chi connectivity index (χ0n) is 21.3. The molecule has 5 heteroatoms. The van der Waals surface area contributed by atoms with Gasteiger partial charge in [-0.2, -0.15) is 5.26 Å². The van der Waals surface area contributed by atoms with Crippen LogP contribution in [0.25, 0.3) is 0 Å². The van der Waals surface area contributed by atoms with E-state index in [9.17, 15) is 5.26 Å². The van der Waals surface area contributed by atoms with Gasteiger partial charge in [-0.25, -0.2) is 0 Å². The van der Waals surface area contributed by atoms with Gasteiger partial charge in [0.2, 0.25) is 0 Å². The quantitative estimate of drug-likeness (QED) is 0.270. The molecule has 0 radical (unpaired) electrons. The number of hydrogen-bond donors (Lipinski definition) is 0. The molecule has 0 amide bonds. The van der Waals surface area contributed by atoms with Crippen molar-refractivity contribution in [2.24, 2.45) is 28.6 Å². The van der Waals surface area contributed by atoms with Crippen molar-refractivity contribution in [2.75, 3.05) is 40.8 Å². The lowest BCUT2D eigenvalue weighted by Crippen LogP contribution is -3.00. The van der Waals surface area contributed by atoms with Crippen LogP contribution in [0.5, 0.6) is 0 Å². The van der Waals surface area contributed by atoms with Crippen LogP contribution in [0.15, 0.2) is 0 Å². The first kappa shape index (κ1) is 27.5. The van der Waals surface area contributed by atoms with Crippen molar-refractivity contribution >= 4 is 0 Å². The third kappa shape index (κ3) is 3.65. The summed E-state index contributed by atoms with van der Waals surface area (Å²) in [5.74, 6) is 2.52. The first-order valence-electron chi connectivity index (χ1n) is 13.2. The zero-order valence-corrected chi connectivity index (χ0v) is 25.6. The topological polar surface area (TPSA) is 23.8 Å². The lowest BCUT2D eigenvalue weighted by Gasteiger charge is -2.67. The number of rotatable bonds is 1. The average Bonchev–Trinajstić information content (AvgIpc) is 3.16. The van der Waals surface area contributed by atoms with E-state index in [-0.39, 0.29) is 58.8 Å². The fourth-order valence-electron chi connectivity index (χ4n) is 9.99. The minimum Gasteiger partial charge on any atom is -1.00 e. The predicted octanol–water partition coefficient (Wildman–Crippen LogP) is -0.631. The van der Waals surface area contributed by atoms with E-state index in [1.807, 2.05) is 0 Å². The fourth-order valence-corrected chi connectivity index (χ4v) is 9.99. The van der Waals surface area contributed by atoms with Crippen LogP contribution in [0.2, 0.25) is 0 Å². The number of piperidine rings is 1. The van der Waals surface area contributed by atoms with Crippen LogP contribution in [0.3, 0.4) is 0 Å². The Morgan fingerprint density at radius 3 is 2.12 bits per heavy atom. The van der Waals surface area contributed by atoms with E-state index >= 15 is 0 Å². The molecular formula is C27H47I2N3. The van der Waals surface area contributed by atoms with Crippen molar-refractivity contribution in [3.8, 4) is 6.07 Å².